The summed E-state index contributed by atoms with van der Waals surface area (Å²) in [5, 5.41) is 3.05. The van der Waals surface area contributed by atoms with E-state index in [0.29, 0.717) is 0 Å². The molecule has 1 rings (SSSR count). The minimum atomic E-state index is 0.960. The molecule has 3 heteroatoms. The topological polar surface area (TPSA) is 24.9 Å². The number of hydrogen-bond donors (Lipinski definition) is 1. The molecule has 1 N–H and O–H groups in total. The Labute approximate surface area is 75.2 Å². The molecule has 0 radical (unpaired) electrons. The molecule has 60 valence electrons. The van der Waals surface area contributed by atoms with Crippen LogP contribution in [0.1, 0.15) is 12.5 Å². The van der Waals surface area contributed by atoms with Crippen molar-refractivity contribution in [3.63, 3.8) is 0 Å². The lowest BCUT2D eigenvalue weighted by molar-refractivity contribution is 1.09. The lowest BCUT2D eigenvalue weighted by Gasteiger charge is -2.06. The van der Waals surface area contributed by atoms with Crippen LogP contribution in [0.15, 0.2) is 16.7 Å². The van der Waals surface area contributed by atoms with E-state index < -0.39 is 0 Å². The van der Waals surface area contributed by atoms with Gasteiger partial charge in [0.1, 0.15) is 5.82 Å². The molecule has 0 amide bonds. The molecule has 0 atom stereocenters. The SMILES string of the molecule is CCc1c(Br)ccnc1NC. The fraction of sp³-hybridized carbons (Fsp3) is 0.375. The quantitative estimate of drug-likeness (QED) is 0.819. The maximum Gasteiger partial charge on any atom is 0.129 e. The molecule has 0 spiro atoms. The van der Waals surface area contributed by atoms with E-state index in [0.717, 1.165) is 16.7 Å². The zero-order valence-corrected chi connectivity index (χ0v) is 8.27. The Bertz CT molecular complexity index is 248. The van der Waals surface area contributed by atoms with Gasteiger partial charge in [-0.15, -0.1) is 0 Å². The minimum absolute atomic E-state index is 0.960. The van der Waals surface area contributed by atoms with E-state index in [4.69, 9.17) is 0 Å². The molecule has 0 bridgehead atoms. The number of hydrogen-bond acceptors (Lipinski definition) is 2. The summed E-state index contributed by atoms with van der Waals surface area (Å²) in [6.07, 6.45) is 2.78. The summed E-state index contributed by atoms with van der Waals surface area (Å²) in [4.78, 5) is 4.19. The third-order valence-corrected chi connectivity index (χ3v) is 2.33. The summed E-state index contributed by atoms with van der Waals surface area (Å²) in [6, 6.07) is 1.96. The normalized spacial score (nSPS) is 9.73. The van der Waals surface area contributed by atoms with Gasteiger partial charge >= 0.3 is 0 Å². The predicted octanol–water partition coefficient (Wildman–Crippen LogP) is 2.45. The van der Waals surface area contributed by atoms with Gasteiger partial charge in [-0.3, -0.25) is 0 Å². The zero-order valence-electron chi connectivity index (χ0n) is 6.69. The van der Waals surface area contributed by atoms with E-state index in [2.05, 4.69) is 33.2 Å². The second-order valence-corrected chi connectivity index (χ2v) is 3.08. The highest BCUT2D eigenvalue weighted by Crippen LogP contribution is 2.22. The molecule has 1 aromatic heterocycles. The van der Waals surface area contributed by atoms with E-state index >= 15 is 0 Å². The Kier molecular flexibility index (Phi) is 2.88. The third kappa shape index (κ3) is 1.71. The summed E-state index contributed by atoms with van der Waals surface area (Å²) < 4.78 is 1.12. The summed E-state index contributed by atoms with van der Waals surface area (Å²) in [7, 11) is 1.88. The molecule has 0 aliphatic heterocycles. The smallest absolute Gasteiger partial charge is 0.129 e. The van der Waals surface area contributed by atoms with Crippen molar-refractivity contribution in [2.75, 3.05) is 12.4 Å². The Morgan fingerprint density at radius 2 is 2.36 bits per heavy atom. The van der Waals surface area contributed by atoms with Gasteiger partial charge in [-0.05, 0) is 12.5 Å². The van der Waals surface area contributed by atoms with E-state index in [1.807, 2.05) is 13.1 Å². The van der Waals surface area contributed by atoms with Crippen LogP contribution in [0.5, 0.6) is 0 Å². The van der Waals surface area contributed by atoms with Crippen LogP contribution in [-0.4, -0.2) is 12.0 Å². The lowest BCUT2D eigenvalue weighted by atomic mass is 10.2. The molecule has 0 aliphatic rings. The van der Waals surface area contributed by atoms with Gasteiger partial charge < -0.3 is 5.32 Å². The average molecular weight is 215 g/mol. The van der Waals surface area contributed by atoms with E-state index in [9.17, 15) is 0 Å². The first-order valence-electron chi connectivity index (χ1n) is 3.60. The Morgan fingerprint density at radius 3 is 2.82 bits per heavy atom. The number of aromatic nitrogens is 1. The fourth-order valence-corrected chi connectivity index (χ4v) is 1.61. The van der Waals surface area contributed by atoms with Gasteiger partial charge in [0.25, 0.3) is 0 Å². The molecule has 0 aliphatic carbocycles. The van der Waals surface area contributed by atoms with Crippen LogP contribution in [0.4, 0.5) is 5.82 Å². The molecule has 0 saturated heterocycles. The summed E-state index contributed by atoms with van der Waals surface area (Å²) in [5.41, 5.74) is 1.23. The summed E-state index contributed by atoms with van der Waals surface area (Å²) in [5.74, 6) is 0.960. The molecule has 11 heavy (non-hydrogen) atoms. The van der Waals surface area contributed by atoms with Crippen LogP contribution in [0.3, 0.4) is 0 Å². The van der Waals surface area contributed by atoms with Crippen molar-refractivity contribution in [3.8, 4) is 0 Å². The average Bonchev–Trinajstić information content (AvgIpc) is 2.04. The predicted molar refractivity (Wildman–Crippen MR) is 50.9 cm³/mol. The van der Waals surface area contributed by atoms with Gasteiger partial charge in [0, 0.05) is 23.3 Å². The number of nitrogens with zero attached hydrogens (tertiary/aromatic N) is 1. The maximum absolute atomic E-state index is 4.19. The van der Waals surface area contributed by atoms with Gasteiger partial charge in [-0.25, -0.2) is 4.98 Å². The van der Waals surface area contributed by atoms with Gasteiger partial charge in [0.05, 0.1) is 0 Å². The Hall–Kier alpha value is -0.570. The van der Waals surface area contributed by atoms with Crippen molar-refractivity contribution in [1.29, 1.82) is 0 Å². The van der Waals surface area contributed by atoms with Crippen LogP contribution >= 0.6 is 15.9 Å². The van der Waals surface area contributed by atoms with Crippen LogP contribution < -0.4 is 5.32 Å². The van der Waals surface area contributed by atoms with Crippen molar-refractivity contribution >= 4 is 21.7 Å². The second-order valence-electron chi connectivity index (χ2n) is 2.22. The number of halogens is 1. The fourth-order valence-electron chi connectivity index (χ4n) is 1.02. The molecular formula is C8H11BrN2. The lowest BCUT2D eigenvalue weighted by Crippen LogP contribution is -1.97. The molecule has 2 nitrogen and oxygen atoms in total. The summed E-state index contributed by atoms with van der Waals surface area (Å²) in [6.45, 7) is 2.11. The molecule has 0 saturated carbocycles. The highest BCUT2D eigenvalue weighted by Gasteiger charge is 2.02. The van der Waals surface area contributed by atoms with Crippen LogP contribution in [0.25, 0.3) is 0 Å². The first-order chi connectivity index (χ1) is 5.29. The Balaban J connectivity index is 3.13. The van der Waals surface area contributed by atoms with E-state index in [1.54, 1.807) is 6.20 Å². The minimum Gasteiger partial charge on any atom is -0.373 e. The third-order valence-electron chi connectivity index (χ3n) is 1.59. The van der Waals surface area contributed by atoms with Crippen molar-refractivity contribution < 1.29 is 0 Å². The molecule has 0 aromatic carbocycles. The molecule has 0 unspecified atom stereocenters. The number of anilines is 1. The van der Waals surface area contributed by atoms with E-state index in [1.165, 1.54) is 5.56 Å². The van der Waals surface area contributed by atoms with Crippen LogP contribution in [0.2, 0.25) is 0 Å². The van der Waals surface area contributed by atoms with Gasteiger partial charge in [0.2, 0.25) is 0 Å². The molecule has 1 heterocycles. The maximum atomic E-state index is 4.19. The standard InChI is InChI=1S/C8H11BrN2/c1-3-6-7(9)4-5-11-8(6)10-2/h4-5H,3H2,1-2H3,(H,10,11). The van der Waals surface area contributed by atoms with Crippen molar-refractivity contribution in [1.82, 2.24) is 4.98 Å². The number of pyridine rings is 1. The highest BCUT2D eigenvalue weighted by molar-refractivity contribution is 9.10. The van der Waals surface area contributed by atoms with Crippen molar-refractivity contribution in [2.45, 2.75) is 13.3 Å². The molecular weight excluding hydrogens is 204 g/mol. The van der Waals surface area contributed by atoms with E-state index in [-0.39, 0.29) is 0 Å². The number of rotatable bonds is 2. The second kappa shape index (κ2) is 3.72. The van der Waals surface area contributed by atoms with Gasteiger partial charge in [-0.1, -0.05) is 22.9 Å². The van der Waals surface area contributed by atoms with Crippen molar-refractivity contribution in [2.24, 2.45) is 0 Å². The van der Waals surface area contributed by atoms with Crippen molar-refractivity contribution in [3.05, 3.63) is 22.3 Å². The first-order valence-corrected chi connectivity index (χ1v) is 4.40. The largest absolute Gasteiger partial charge is 0.373 e. The van der Waals surface area contributed by atoms with Gasteiger partial charge in [0.15, 0.2) is 0 Å². The molecule has 0 fully saturated rings. The molecule has 1 aromatic rings. The van der Waals surface area contributed by atoms with Crippen LogP contribution in [-0.2, 0) is 6.42 Å². The summed E-state index contributed by atoms with van der Waals surface area (Å²) >= 11 is 3.47. The zero-order chi connectivity index (χ0) is 8.27. The Morgan fingerprint density at radius 1 is 1.64 bits per heavy atom. The monoisotopic (exact) mass is 214 g/mol. The highest BCUT2D eigenvalue weighted by atomic mass is 79.9. The first kappa shape index (κ1) is 8.53. The number of nitrogens with one attached hydrogen (secondary N) is 1. The van der Waals surface area contributed by atoms with Crippen LogP contribution in [0, 0.1) is 0 Å². The van der Waals surface area contributed by atoms with Gasteiger partial charge in [-0.2, -0.15) is 0 Å².